The van der Waals surface area contributed by atoms with Gasteiger partial charge in [0.2, 0.25) is 0 Å². The maximum absolute atomic E-state index is 14.6. The van der Waals surface area contributed by atoms with E-state index >= 15 is 0 Å². The predicted molar refractivity (Wildman–Crippen MR) is 87.4 cm³/mol. The normalized spacial score (nSPS) is 26.8. The first-order valence-electron chi connectivity index (χ1n) is 8.58. The van der Waals surface area contributed by atoms with Crippen LogP contribution in [0, 0.1) is 12.4 Å². The summed E-state index contributed by atoms with van der Waals surface area (Å²) in [6.45, 7) is 6.99. The van der Waals surface area contributed by atoms with E-state index in [9.17, 15) is 27.1 Å². The highest BCUT2D eigenvalue weighted by atomic mass is 19.3. The molecule has 0 heterocycles. The van der Waals surface area contributed by atoms with Crippen LogP contribution in [0.3, 0.4) is 0 Å². The van der Waals surface area contributed by atoms with Crippen molar-refractivity contribution in [3.05, 3.63) is 64.3 Å². The third-order valence-corrected chi connectivity index (χ3v) is 6.02. The molecule has 1 atom stereocenters. The van der Waals surface area contributed by atoms with Gasteiger partial charge in [-0.1, -0.05) is 0 Å². The summed E-state index contributed by atoms with van der Waals surface area (Å²) in [5.41, 5.74) is -5.08. The molecule has 3 aliphatic carbocycles. The number of alkyl halides is 4. The molecule has 5 rings (SSSR count). The summed E-state index contributed by atoms with van der Waals surface area (Å²) in [5, 5.41) is 10.7. The molecule has 0 aliphatic heterocycles. The van der Waals surface area contributed by atoms with Crippen LogP contribution in [0.5, 0.6) is 11.5 Å². The first-order chi connectivity index (χ1) is 13.1. The molecule has 0 bridgehead atoms. The highest BCUT2D eigenvalue weighted by molar-refractivity contribution is 5.65. The van der Waals surface area contributed by atoms with E-state index in [1.807, 2.05) is 0 Å². The van der Waals surface area contributed by atoms with E-state index in [2.05, 4.69) is 4.85 Å². The fraction of sp³-hybridized carbons (Fsp3) is 0.350. The number of halogens is 5. The molecular weight excluding hydrogens is 381 g/mol. The van der Waals surface area contributed by atoms with Crippen molar-refractivity contribution < 1.29 is 31.8 Å². The Morgan fingerprint density at radius 3 is 2.39 bits per heavy atom. The molecule has 1 saturated carbocycles. The Balaban J connectivity index is 1.71. The fourth-order valence-electron chi connectivity index (χ4n) is 4.63. The largest absolute Gasteiger partial charge is 0.458 e. The van der Waals surface area contributed by atoms with Gasteiger partial charge in [0.1, 0.15) is 17.3 Å². The molecule has 1 fully saturated rings. The molecule has 0 saturated heterocycles. The number of fused-ring (bicyclic) bond motifs is 1. The molecule has 8 heteroatoms. The van der Waals surface area contributed by atoms with Crippen LogP contribution >= 0.6 is 0 Å². The summed E-state index contributed by atoms with van der Waals surface area (Å²) in [6, 6.07) is 5.26. The average molecular weight is 393 g/mol. The summed E-state index contributed by atoms with van der Waals surface area (Å²) >= 11 is 0. The SMILES string of the molecule is [C-]#[N+]c1cc(F)cc(Oc2ccc3c4c2C2(CC2)CC4(O)C(F)(F)C3(F)F)c1. The van der Waals surface area contributed by atoms with Crippen molar-refractivity contribution in [3.63, 3.8) is 0 Å². The Hall–Kier alpha value is -2.66. The Kier molecular flexibility index (Phi) is 3.01. The lowest BCUT2D eigenvalue weighted by Gasteiger charge is -2.31. The Bertz CT molecular complexity index is 1090. The second kappa shape index (κ2) is 4.84. The monoisotopic (exact) mass is 393 g/mol. The zero-order valence-electron chi connectivity index (χ0n) is 14.2. The molecule has 3 aliphatic rings. The number of benzene rings is 2. The predicted octanol–water partition coefficient (Wildman–Crippen LogP) is 5.53. The summed E-state index contributed by atoms with van der Waals surface area (Å²) in [6.07, 6.45) is 0.405. The lowest BCUT2D eigenvalue weighted by Crippen LogP contribution is -2.48. The highest BCUT2D eigenvalue weighted by Crippen LogP contribution is 2.74. The number of ether oxygens (including phenoxy) is 1. The molecule has 1 N–H and O–H groups in total. The Morgan fingerprint density at radius 1 is 1.04 bits per heavy atom. The van der Waals surface area contributed by atoms with Crippen molar-refractivity contribution >= 4 is 5.69 Å². The van der Waals surface area contributed by atoms with Gasteiger partial charge in [-0.25, -0.2) is 9.24 Å². The first kappa shape index (κ1) is 17.4. The maximum Gasteiger partial charge on any atom is 0.346 e. The second-order valence-corrected chi connectivity index (χ2v) is 7.69. The van der Waals surface area contributed by atoms with Gasteiger partial charge >= 0.3 is 11.8 Å². The van der Waals surface area contributed by atoms with E-state index < -0.39 is 46.2 Å². The van der Waals surface area contributed by atoms with Crippen molar-refractivity contribution in [2.45, 2.75) is 42.1 Å². The van der Waals surface area contributed by atoms with Gasteiger partial charge in [0.15, 0.2) is 11.3 Å². The first-order valence-corrected chi connectivity index (χ1v) is 8.58. The summed E-state index contributed by atoms with van der Waals surface area (Å²) < 4.78 is 77.2. The van der Waals surface area contributed by atoms with E-state index in [0.717, 1.165) is 24.3 Å². The number of nitrogens with zero attached hydrogens (tertiary/aromatic N) is 1. The molecule has 0 aromatic heterocycles. The Labute approximate surface area is 156 Å². The molecule has 1 unspecified atom stereocenters. The molecule has 2 aromatic rings. The van der Waals surface area contributed by atoms with Crippen LogP contribution < -0.4 is 4.74 Å². The number of hydrogen-bond acceptors (Lipinski definition) is 2. The van der Waals surface area contributed by atoms with Crippen molar-refractivity contribution in [2.24, 2.45) is 0 Å². The smallest absolute Gasteiger partial charge is 0.346 e. The molecule has 0 radical (unpaired) electrons. The fourth-order valence-corrected chi connectivity index (χ4v) is 4.63. The van der Waals surface area contributed by atoms with Crippen LogP contribution in [0.1, 0.15) is 36.0 Å². The molecule has 2 aromatic carbocycles. The minimum atomic E-state index is -4.64. The van der Waals surface area contributed by atoms with Crippen LogP contribution in [0.15, 0.2) is 30.3 Å². The molecule has 0 amide bonds. The van der Waals surface area contributed by atoms with E-state index in [-0.39, 0.29) is 22.7 Å². The van der Waals surface area contributed by atoms with Gasteiger partial charge in [-0.3, -0.25) is 0 Å². The second-order valence-electron chi connectivity index (χ2n) is 7.69. The number of rotatable bonds is 2. The maximum atomic E-state index is 14.6. The van der Waals surface area contributed by atoms with Gasteiger partial charge in [-0.2, -0.15) is 17.6 Å². The van der Waals surface area contributed by atoms with E-state index in [1.165, 1.54) is 6.07 Å². The molecule has 28 heavy (non-hydrogen) atoms. The van der Waals surface area contributed by atoms with E-state index in [1.54, 1.807) is 0 Å². The Morgan fingerprint density at radius 2 is 1.75 bits per heavy atom. The minimum absolute atomic E-state index is 0.0159. The standard InChI is InChI=1S/C20H12F5NO2/c1-26-11-6-10(21)7-12(8-11)28-14-3-2-13-15-16(14)17(4-5-17)9-18(15,27)20(24,25)19(13,22)23/h2-3,6-8,27H,4-5,9H2. The molecular formula is C20H12F5NO2. The number of hydrogen-bond donors (Lipinski definition) is 1. The van der Waals surface area contributed by atoms with E-state index in [0.29, 0.717) is 12.8 Å². The van der Waals surface area contributed by atoms with Crippen LogP contribution in [0.2, 0.25) is 0 Å². The summed E-state index contributed by atoms with van der Waals surface area (Å²) in [4.78, 5) is 3.12. The molecule has 144 valence electrons. The van der Waals surface area contributed by atoms with Gasteiger partial charge < -0.3 is 9.84 Å². The van der Waals surface area contributed by atoms with Crippen molar-refractivity contribution in [1.82, 2.24) is 0 Å². The van der Waals surface area contributed by atoms with Crippen LogP contribution in [0.4, 0.5) is 27.6 Å². The quantitative estimate of drug-likeness (QED) is 0.538. The third kappa shape index (κ3) is 1.85. The van der Waals surface area contributed by atoms with Crippen LogP contribution in [-0.4, -0.2) is 11.0 Å². The highest BCUT2D eigenvalue weighted by Gasteiger charge is 2.81. The lowest BCUT2D eigenvalue weighted by atomic mass is 9.90. The van der Waals surface area contributed by atoms with Crippen LogP contribution in [-0.2, 0) is 16.9 Å². The molecule has 3 nitrogen and oxygen atoms in total. The van der Waals surface area contributed by atoms with E-state index in [4.69, 9.17) is 11.3 Å². The summed E-state index contributed by atoms with van der Waals surface area (Å²) in [5.74, 6) is -9.90. The van der Waals surface area contributed by atoms with Gasteiger partial charge in [0.05, 0.1) is 6.57 Å². The average Bonchev–Trinajstić information content (AvgIpc) is 3.31. The zero-order valence-corrected chi connectivity index (χ0v) is 14.2. The van der Waals surface area contributed by atoms with Crippen molar-refractivity contribution in [3.8, 4) is 11.5 Å². The summed E-state index contributed by atoms with van der Waals surface area (Å²) in [7, 11) is 0. The minimum Gasteiger partial charge on any atom is -0.458 e. The van der Waals surface area contributed by atoms with Crippen molar-refractivity contribution in [2.75, 3.05) is 0 Å². The van der Waals surface area contributed by atoms with Crippen LogP contribution in [0.25, 0.3) is 4.85 Å². The van der Waals surface area contributed by atoms with Gasteiger partial charge in [-0.05, 0) is 43.5 Å². The third-order valence-electron chi connectivity index (χ3n) is 6.02. The molecule has 1 spiro atoms. The number of aliphatic hydroxyl groups is 1. The van der Waals surface area contributed by atoms with Gasteiger partial charge in [-0.15, -0.1) is 0 Å². The van der Waals surface area contributed by atoms with Gasteiger partial charge in [0.25, 0.3) is 0 Å². The van der Waals surface area contributed by atoms with Crippen molar-refractivity contribution in [1.29, 1.82) is 0 Å². The van der Waals surface area contributed by atoms with Gasteiger partial charge in [0, 0.05) is 28.2 Å². The lowest BCUT2D eigenvalue weighted by molar-refractivity contribution is -0.287. The zero-order chi connectivity index (χ0) is 20.1. The topological polar surface area (TPSA) is 33.8 Å².